The molecular formula is C19H26N2O2. The second kappa shape index (κ2) is 6.67. The molecule has 0 saturated carbocycles. The third kappa shape index (κ3) is 4.29. The van der Waals surface area contributed by atoms with Gasteiger partial charge in [-0.1, -0.05) is 58.9 Å². The Balaban J connectivity index is 2.17. The van der Waals surface area contributed by atoms with Crippen LogP contribution in [0.5, 0.6) is 0 Å². The van der Waals surface area contributed by atoms with Crippen LogP contribution in [0.25, 0.3) is 0 Å². The van der Waals surface area contributed by atoms with E-state index in [1.165, 1.54) is 16.5 Å². The largest absolute Gasteiger partial charge is 0.387 e. The van der Waals surface area contributed by atoms with Gasteiger partial charge in [0.1, 0.15) is 0 Å². The van der Waals surface area contributed by atoms with Gasteiger partial charge in [-0.2, -0.15) is 0 Å². The van der Waals surface area contributed by atoms with E-state index in [0.29, 0.717) is 5.92 Å². The molecule has 1 heterocycles. The van der Waals surface area contributed by atoms with E-state index in [9.17, 15) is 9.90 Å². The molecule has 1 atom stereocenters. The molecule has 0 spiro atoms. The van der Waals surface area contributed by atoms with Crippen LogP contribution >= 0.6 is 0 Å². The van der Waals surface area contributed by atoms with Crippen molar-refractivity contribution in [1.29, 1.82) is 0 Å². The predicted molar refractivity (Wildman–Crippen MR) is 92.7 cm³/mol. The van der Waals surface area contributed by atoms with E-state index in [-0.39, 0.29) is 17.5 Å². The number of rotatable bonds is 4. The quantitative estimate of drug-likeness (QED) is 0.941. The molecule has 2 rings (SSSR count). The molecule has 1 aromatic heterocycles. The van der Waals surface area contributed by atoms with Crippen molar-refractivity contribution in [2.45, 2.75) is 58.6 Å². The Morgan fingerprint density at radius 1 is 1.13 bits per heavy atom. The highest BCUT2D eigenvalue weighted by Crippen LogP contribution is 2.20. The first kappa shape index (κ1) is 17.4. The van der Waals surface area contributed by atoms with Gasteiger partial charge in [0, 0.05) is 11.5 Å². The number of aliphatic hydroxyl groups is 1. The van der Waals surface area contributed by atoms with Gasteiger partial charge in [-0.15, -0.1) is 0 Å². The van der Waals surface area contributed by atoms with Crippen molar-refractivity contribution in [1.82, 2.24) is 9.55 Å². The van der Waals surface area contributed by atoms with Crippen LogP contribution in [0.4, 0.5) is 0 Å². The van der Waals surface area contributed by atoms with Crippen LogP contribution in [0, 0.1) is 0 Å². The monoisotopic (exact) mass is 314 g/mol. The van der Waals surface area contributed by atoms with Crippen LogP contribution in [-0.4, -0.2) is 14.7 Å². The zero-order valence-corrected chi connectivity index (χ0v) is 14.6. The molecule has 0 bridgehead atoms. The number of hydrogen-bond acceptors (Lipinski definition) is 3. The second-order valence-corrected chi connectivity index (χ2v) is 7.35. The van der Waals surface area contributed by atoms with E-state index in [1.54, 1.807) is 6.07 Å². The van der Waals surface area contributed by atoms with Crippen LogP contribution in [-0.2, 0) is 12.0 Å². The zero-order valence-electron chi connectivity index (χ0n) is 14.6. The van der Waals surface area contributed by atoms with Crippen molar-refractivity contribution in [2.75, 3.05) is 0 Å². The lowest BCUT2D eigenvalue weighted by Crippen LogP contribution is -2.26. The Kier molecular flexibility index (Phi) is 5.05. The predicted octanol–water partition coefficient (Wildman–Crippen LogP) is 3.40. The molecule has 0 saturated heterocycles. The minimum absolute atomic E-state index is 0.136. The van der Waals surface area contributed by atoms with E-state index in [4.69, 9.17) is 0 Å². The Bertz CT molecular complexity index is 709. The van der Waals surface area contributed by atoms with Crippen LogP contribution in [0.1, 0.15) is 63.5 Å². The lowest BCUT2D eigenvalue weighted by Gasteiger charge is -2.19. The Labute approximate surface area is 137 Å². The molecule has 0 aliphatic heterocycles. The minimum Gasteiger partial charge on any atom is -0.387 e. The van der Waals surface area contributed by atoms with Crippen molar-refractivity contribution in [3.63, 3.8) is 0 Å². The summed E-state index contributed by atoms with van der Waals surface area (Å²) in [6.07, 6.45) is 0.797. The molecule has 0 radical (unpaired) electrons. The smallest absolute Gasteiger partial charge is 0.253 e. The Morgan fingerprint density at radius 2 is 1.70 bits per heavy atom. The van der Waals surface area contributed by atoms with Gasteiger partial charge in [0.15, 0.2) is 0 Å². The summed E-state index contributed by atoms with van der Waals surface area (Å²) >= 11 is 0. The van der Waals surface area contributed by atoms with E-state index >= 15 is 0 Å². The maximum atomic E-state index is 12.2. The first-order valence-corrected chi connectivity index (χ1v) is 8.03. The molecular weight excluding hydrogens is 288 g/mol. The van der Waals surface area contributed by atoms with E-state index in [1.807, 2.05) is 45.0 Å². The highest BCUT2D eigenvalue weighted by atomic mass is 16.3. The van der Waals surface area contributed by atoms with Gasteiger partial charge in [0.2, 0.25) is 0 Å². The van der Waals surface area contributed by atoms with E-state index in [0.717, 1.165) is 11.3 Å². The summed E-state index contributed by atoms with van der Waals surface area (Å²) in [7, 11) is 0. The zero-order chi connectivity index (χ0) is 17.2. The fourth-order valence-corrected chi connectivity index (χ4v) is 2.37. The fourth-order valence-electron chi connectivity index (χ4n) is 2.37. The molecule has 0 aliphatic carbocycles. The molecule has 4 nitrogen and oxygen atoms in total. The third-order valence-corrected chi connectivity index (χ3v) is 4.01. The summed E-state index contributed by atoms with van der Waals surface area (Å²) in [5.41, 5.74) is 2.50. The Hall–Kier alpha value is -1.94. The first-order chi connectivity index (χ1) is 10.7. The normalized spacial score (nSPS) is 13.3. The molecule has 23 heavy (non-hydrogen) atoms. The molecule has 0 amide bonds. The maximum Gasteiger partial charge on any atom is 0.253 e. The summed E-state index contributed by atoms with van der Waals surface area (Å²) < 4.78 is 1.45. The minimum atomic E-state index is -0.726. The van der Waals surface area contributed by atoms with Gasteiger partial charge in [-0.3, -0.25) is 9.36 Å². The highest BCUT2D eigenvalue weighted by Gasteiger charge is 2.17. The third-order valence-electron chi connectivity index (χ3n) is 4.01. The van der Waals surface area contributed by atoms with Crippen molar-refractivity contribution in [2.24, 2.45) is 0 Å². The fraction of sp³-hybridized carbons (Fsp3) is 0.474. The van der Waals surface area contributed by atoms with Crippen LogP contribution in [0.3, 0.4) is 0 Å². The average molecular weight is 314 g/mol. The molecule has 124 valence electrons. The molecule has 1 aromatic carbocycles. The molecule has 0 fully saturated rings. The number of benzene rings is 1. The van der Waals surface area contributed by atoms with Crippen molar-refractivity contribution in [3.05, 3.63) is 63.8 Å². The molecule has 1 N–H and O–H groups in total. The summed E-state index contributed by atoms with van der Waals surface area (Å²) in [4.78, 5) is 16.6. The summed E-state index contributed by atoms with van der Waals surface area (Å²) in [5, 5.41) is 10.4. The van der Waals surface area contributed by atoms with Gasteiger partial charge in [-0.25, -0.2) is 4.98 Å². The molecule has 2 aromatic rings. The lowest BCUT2D eigenvalue weighted by atomic mass is 9.92. The van der Waals surface area contributed by atoms with Crippen LogP contribution in [0.2, 0.25) is 0 Å². The van der Waals surface area contributed by atoms with Gasteiger partial charge in [0.25, 0.3) is 5.56 Å². The van der Waals surface area contributed by atoms with Crippen LogP contribution in [0.15, 0.2) is 41.5 Å². The average Bonchev–Trinajstić information content (AvgIpc) is 2.48. The first-order valence-electron chi connectivity index (χ1n) is 8.03. The number of hydrogen-bond donors (Lipinski definition) is 1. The van der Waals surface area contributed by atoms with Crippen molar-refractivity contribution in [3.8, 4) is 0 Å². The standard InChI is InChI=1S/C19H26N2O2/c1-13(2)14-6-8-15(9-7-14)16(22)11-21-12-20-17(10-18(21)23)19(3,4)5/h6-10,12-13,16,22H,11H2,1-5H3. The maximum absolute atomic E-state index is 12.2. The van der Waals surface area contributed by atoms with Crippen LogP contribution < -0.4 is 5.56 Å². The van der Waals surface area contributed by atoms with Gasteiger partial charge in [0.05, 0.1) is 24.7 Å². The van der Waals surface area contributed by atoms with Gasteiger partial charge >= 0.3 is 0 Å². The second-order valence-electron chi connectivity index (χ2n) is 7.35. The van der Waals surface area contributed by atoms with Gasteiger partial charge < -0.3 is 5.11 Å². The van der Waals surface area contributed by atoms with E-state index in [2.05, 4.69) is 18.8 Å². The van der Waals surface area contributed by atoms with Gasteiger partial charge in [-0.05, 0) is 17.0 Å². The lowest BCUT2D eigenvalue weighted by molar-refractivity contribution is 0.154. The number of aromatic nitrogens is 2. The number of nitrogens with zero attached hydrogens (tertiary/aromatic N) is 2. The summed E-state index contributed by atoms with van der Waals surface area (Å²) in [5.74, 6) is 0.456. The Morgan fingerprint density at radius 3 is 2.17 bits per heavy atom. The summed E-state index contributed by atoms with van der Waals surface area (Å²) in [6, 6.07) is 9.43. The van der Waals surface area contributed by atoms with Crippen molar-refractivity contribution < 1.29 is 5.11 Å². The topological polar surface area (TPSA) is 55.1 Å². The SMILES string of the molecule is CC(C)c1ccc(C(O)Cn2cnc(C(C)(C)C)cc2=O)cc1. The van der Waals surface area contributed by atoms with E-state index < -0.39 is 6.10 Å². The summed E-state index contributed by atoms with van der Waals surface area (Å²) in [6.45, 7) is 10.5. The molecule has 4 heteroatoms. The highest BCUT2D eigenvalue weighted by molar-refractivity contribution is 5.26. The molecule has 0 aliphatic rings. The van der Waals surface area contributed by atoms with Crippen molar-refractivity contribution >= 4 is 0 Å². The molecule has 1 unspecified atom stereocenters. The number of aliphatic hydroxyl groups excluding tert-OH is 1.